The van der Waals surface area contributed by atoms with Gasteiger partial charge in [-0.15, -0.1) is 11.8 Å². The fraction of sp³-hybridized carbons (Fsp3) is 0.571. The number of rotatable bonds is 2. The summed E-state index contributed by atoms with van der Waals surface area (Å²) in [7, 11) is 2.96. The minimum absolute atomic E-state index is 0.0608. The lowest BCUT2D eigenvalue weighted by molar-refractivity contribution is -0.238. The molecule has 1 fully saturated rings. The molecule has 4 rings (SSSR count). The van der Waals surface area contributed by atoms with E-state index < -0.39 is 5.79 Å². The Bertz CT molecular complexity index is 541. The molecule has 4 nitrogen and oxygen atoms in total. The second-order valence-electron chi connectivity index (χ2n) is 5.11. The van der Waals surface area contributed by atoms with Crippen LogP contribution in [0.2, 0.25) is 0 Å². The van der Waals surface area contributed by atoms with E-state index >= 15 is 0 Å². The van der Waals surface area contributed by atoms with Crippen LogP contribution in [-0.2, 0) is 14.3 Å². The molecule has 1 saturated carbocycles. The highest BCUT2D eigenvalue weighted by Gasteiger charge is 2.65. The highest BCUT2D eigenvalue weighted by Crippen LogP contribution is 2.58. The third-order valence-electron chi connectivity index (χ3n) is 4.36. The molecule has 5 heteroatoms. The fourth-order valence-corrected chi connectivity index (χ4v) is 5.12. The number of thioether (sulfide) groups is 1. The van der Waals surface area contributed by atoms with E-state index in [2.05, 4.69) is 12.1 Å². The van der Waals surface area contributed by atoms with Crippen molar-refractivity contribution in [3.8, 4) is 6.07 Å². The van der Waals surface area contributed by atoms with Gasteiger partial charge >= 0.3 is 0 Å². The number of nitriles is 1. The molecule has 0 saturated heterocycles. The van der Waals surface area contributed by atoms with E-state index in [1.54, 1.807) is 17.8 Å². The zero-order chi connectivity index (χ0) is 13.8. The van der Waals surface area contributed by atoms with Crippen LogP contribution in [0.25, 0.3) is 0 Å². The Morgan fingerprint density at radius 3 is 2.63 bits per heavy atom. The van der Waals surface area contributed by atoms with Gasteiger partial charge in [-0.3, -0.25) is 4.79 Å². The van der Waals surface area contributed by atoms with Crippen LogP contribution in [0.4, 0.5) is 0 Å². The van der Waals surface area contributed by atoms with Crippen LogP contribution >= 0.6 is 11.8 Å². The van der Waals surface area contributed by atoms with Gasteiger partial charge in [-0.2, -0.15) is 5.26 Å². The van der Waals surface area contributed by atoms with E-state index in [1.807, 2.05) is 6.92 Å². The van der Waals surface area contributed by atoms with Gasteiger partial charge in [-0.25, -0.2) is 0 Å². The Balaban J connectivity index is 2.16. The van der Waals surface area contributed by atoms with Crippen LogP contribution in [0.5, 0.6) is 0 Å². The largest absolute Gasteiger partial charge is 0.346 e. The summed E-state index contributed by atoms with van der Waals surface area (Å²) in [6, 6.07) is 2.22. The van der Waals surface area contributed by atoms with Gasteiger partial charge in [-0.1, -0.05) is 12.2 Å². The summed E-state index contributed by atoms with van der Waals surface area (Å²) in [6.07, 6.45) is 3.95. The molecule has 0 aromatic heterocycles. The number of fused-ring (bicyclic) bond motifs is 1. The molecular formula is C14H15NO3S. The highest BCUT2D eigenvalue weighted by molar-refractivity contribution is 8.03. The molecule has 0 spiro atoms. The van der Waals surface area contributed by atoms with Crippen LogP contribution in [0.1, 0.15) is 6.92 Å². The van der Waals surface area contributed by atoms with Crippen molar-refractivity contribution in [3.63, 3.8) is 0 Å². The van der Waals surface area contributed by atoms with Crippen LogP contribution in [0.15, 0.2) is 22.6 Å². The maximum Gasteiger partial charge on any atom is 0.237 e. The van der Waals surface area contributed by atoms with Gasteiger partial charge in [0.15, 0.2) is 5.78 Å². The fourth-order valence-electron chi connectivity index (χ4n) is 3.58. The van der Waals surface area contributed by atoms with Crippen molar-refractivity contribution in [2.75, 3.05) is 14.2 Å². The molecule has 0 radical (unpaired) electrons. The SMILES string of the molecule is COC1(OC)C(=O)[C@@H]2C=C(C#N)[C@H]1[C@H]1SC(C)=C[C@H]12. The lowest BCUT2D eigenvalue weighted by atomic mass is 9.61. The maximum absolute atomic E-state index is 12.6. The first-order valence-corrected chi connectivity index (χ1v) is 7.08. The standard InChI is InChI=1S/C14H15NO3S/c1-7-4-9-10-5-8(6-15)11(12(9)19-7)14(17-2,18-3)13(10)16/h4-5,9-12H,1-3H3/t9-,10+,11-,12-/m0/s1. The zero-order valence-electron chi connectivity index (χ0n) is 11.0. The van der Waals surface area contributed by atoms with Gasteiger partial charge < -0.3 is 9.47 Å². The van der Waals surface area contributed by atoms with Gasteiger partial charge in [0.05, 0.1) is 17.9 Å². The topological polar surface area (TPSA) is 59.3 Å². The number of carbonyl (C=O) groups excluding carboxylic acids is 1. The number of carbonyl (C=O) groups is 1. The van der Waals surface area contributed by atoms with E-state index in [9.17, 15) is 10.1 Å². The summed E-state index contributed by atoms with van der Waals surface area (Å²) in [4.78, 5) is 13.8. The van der Waals surface area contributed by atoms with E-state index in [0.29, 0.717) is 5.57 Å². The second-order valence-corrected chi connectivity index (χ2v) is 6.54. The minimum Gasteiger partial charge on any atom is -0.346 e. The summed E-state index contributed by atoms with van der Waals surface area (Å²) < 4.78 is 10.9. The van der Waals surface area contributed by atoms with Crippen molar-refractivity contribution in [3.05, 3.63) is 22.6 Å². The molecule has 4 atom stereocenters. The maximum atomic E-state index is 12.6. The van der Waals surface area contributed by atoms with Gasteiger partial charge in [-0.05, 0) is 11.8 Å². The summed E-state index contributed by atoms with van der Waals surface area (Å²) >= 11 is 1.72. The van der Waals surface area contributed by atoms with Crippen LogP contribution in [0, 0.1) is 29.1 Å². The molecule has 0 aromatic carbocycles. The molecule has 1 heterocycles. The number of Topliss-reactive ketones (excluding diaryl/α,β-unsaturated/α-hetero) is 1. The normalized spacial score (nSPS) is 38.5. The van der Waals surface area contributed by atoms with Crippen molar-refractivity contribution in [2.45, 2.75) is 18.0 Å². The van der Waals surface area contributed by atoms with Gasteiger partial charge in [0.2, 0.25) is 5.79 Å². The minimum atomic E-state index is -1.29. The third kappa shape index (κ3) is 1.45. The van der Waals surface area contributed by atoms with Crippen LogP contribution in [-0.4, -0.2) is 31.0 Å². The molecule has 100 valence electrons. The van der Waals surface area contributed by atoms with Gasteiger partial charge in [0.1, 0.15) is 0 Å². The lowest BCUT2D eigenvalue weighted by Crippen LogP contribution is -2.64. The number of hydrogen-bond acceptors (Lipinski definition) is 5. The number of methoxy groups -OCH3 is 2. The number of nitrogens with zero attached hydrogens (tertiary/aromatic N) is 1. The molecule has 2 bridgehead atoms. The monoisotopic (exact) mass is 277 g/mol. The highest BCUT2D eigenvalue weighted by atomic mass is 32.2. The quantitative estimate of drug-likeness (QED) is 0.721. The van der Waals surface area contributed by atoms with Crippen molar-refractivity contribution in [1.82, 2.24) is 0 Å². The van der Waals surface area contributed by atoms with Crippen LogP contribution < -0.4 is 0 Å². The van der Waals surface area contributed by atoms with E-state index in [0.717, 1.165) is 0 Å². The first kappa shape index (κ1) is 12.9. The zero-order valence-corrected chi connectivity index (χ0v) is 11.9. The Morgan fingerprint density at radius 1 is 1.37 bits per heavy atom. The average molecular weight is 277 g/mol. The number of hydrogen-bond donors (Lipinski definition) is 0. The number of allylic oxidation sites excluding steroid dienone is 3. The Kier molecular flexibility index (Phi) is 2.86. The average Bonchev–Trinajstić information content (AvgIpc) is 2.81. The molecule has 1 aliphatic heterocycles. The van der Waals surface area contributed by atoms with Crippen molar-refractivity contribution in [1.29, 1.82) is 5.26 Å². The predicted octanol–water partition coefficient (Wildman–Crippen LogP) is 1.89. The van der Waals surface area contributed by atoms with Crippen molar-refractivity contribution >= 4 is 17.5 Å². The number of ketones is 1. The molecule has 0 unspecified atom stereocenters. The molecule has 19 heavy (non-hydrogen) atoms. The van der Waals surface area contributed by atoms with Crippen molar-refractivity contribution < 1.29 is 14.3 Å². The Hall–Kier alpha value is -1.09. The lowest BCUT2D eigenvalue weighted by Gasteiger charge is -2.51. The summed E-state index contributed by atoms with van der Waals surface area (Å²) in [5.74, 6) is -1.83. The first-order chi connectivity index (χ1) is 9.08. The molecular weight excluding hydrogens is 262 g/mol. The van der Waals surface area contributed by atoms with E-state index in [-0.39, 0.29) is 28.8 Å². The molecule has 3 aliphatic carbocycles. The summed E-state index contributed by atoms with van der Waals surface area (Å²) in [5, 5.41) is 9.50. The smallest absolute Gasteiger partial charge is 0.237 e. The Labute approximate surface area is 116 Å². The molecule has 4 aliphatic rings. The molecule has 0 N–H and O–H groups in total. The van der Waals surface area contributed by atoms with E-state index in [1.165, 1.54) is 19.1 Å². The van der Waals surface area contributed by atoms with Gasteiger partial charge in [0.25, 0.3) is 0 Å². The first-order valence-electron chi connectivity index (χ1n) is 6.20. The predicted molar refractivity (Wildman–Crippen MR) is 71.1 cm³/mol. The summed E-state index contributed by atoms with van der Waals surface area (Å²) in [5.41, 5.74) is 0.616. The molecule has 0 aromatic rings. The van der Waals surface area contributed by atoms with Crippen molar-refractivity contribution in [2.24, 2.45) is 17.8 Å². The second kappa shape index (κ2) is 4.20. The van der Waals surface area contributed by atoms with Gasteiger partial charge in [0, 0.05) is 31.0 Å². The number of ether oxygens (including phenoxy) is 2. The van der Waals surface area contributed by atoms with Crippen LogP contribution in [0.3, 0.4) is 0 Å². The summed E-state index contributed by atoms with van der Waals surface area (Å²) in [6.45, 7) is 2.04. The van der Waals surface area contributed by atoms with E-state index in [4.69, 9.17) is 9.47 Å². The Morgan fingerprint density at radius 2 is 2.05 bits per heavy atom. The third-order valence-corrected chi connectivity index (χ3v) is 5.72. The molecule has 0 amide bonds.